The maximum atomic E-state index is 11.7. The minimum absolute atomic E-state index is 0.0225. The molecule has 0 spiro atoms. The summed E-state index contributed by atoms with van der Waals surface area (Å²) in [4.78, 5) is 14.6. The number of hydrogen-bond acceptors (Lipinski definition) is 1. The van der Waals surface area contributed by atoms with Crippen LogP contribution < -0.4 is 5.56 Å². The van der Waals surface area contributed by atoms with E-state index in [-0.39, 0.29) is 11.5 Å². The van der Waals surface area contributed by atoms with Crippen molar-refractivity contribution in [3.63, 3.8) is 0 Å². The van der Waals surface area contributed by atoms with Crippen molar-refractivity contribution in [3.05, 3.63) is 34.2 Å². The molecule has 0 radical (unpaired) electrons. The topological polar surface area (TPSA) is 37.8 Å². The zero-order valence-electron chi connectivity index (χ0n) is 8.66. The zero-order chi connectivity index (χ0) is 10.3. The van der Waals surface area contributed by atoms with Crippen LogP contribution in [0.3, 0.4) is 0 Å². The molecule has 14 heavy (non-hydrogen) atoms. The molecule has 1 N–H and O–H groups in total. The van der Waals surface area contributed by atoms with E-state index >= 15 is 0 Å². The van der Waals surface area contributed by atoms with Crippen molar-refractivity contribution >= 4 is 11.0 Å². The number of aryl methyl sites for hydroxylation is 1. The molecule has 2 aromatic heterocycles. The van der Waals surface area contributed by atoms with Crippen LogP contribution >= 0.6 is 0 Å². The Kier molecular flexibility index (Phi) is 1.95. The second-order valence-electron chi connectivity index (χ2n) is 3.94. The molecule has 0 amide bonds. The van der Waals surface area contributed by atoms with E-state index in [0.717, 1.165) is 16.6 Å². The summed E-state index contributed by atoms with van der Waals surface area (Å²) in [6.07, 6.45) is 1.95. The van der Waals surface area contributed by atoms with E-state index < -0.39 is 0 Å². The molecule has 3 heteroatoms. The number of aromatic nitrogens is 2. The van der Waals surface area contributed by atoms with Gasteiger partial charge in [0.25, 0.3) is 5.56 Å². The summed E-state index contributed by atoms with van der Waals surface area (Å²) in [7, 11) is 1.92. The summed E-state index contributed by atoms with van der Waals surface area (Å²) in [5, 5.41) is 1.09. The van der Waals surface area contributed by atoms with Crippen molar-refractivity contribution in [2.45, 2.75) is 19.8 Å². The van der Waals surface area contributed by atoms with E-state index in [2.05, 4.69) is 4.98 Å². The van der Waals surface area contributed by atoms with Gasteiger partial charge in [-0.1, -0.05) is 13.8 Å². The smallest absolute Gasteiger partial charge is 0.252 e. The lowest BCUT2D eigenvalue weighted by Gasteiger charge is -2.04. The summed E-state index contributed by atoms with van der Waals surface area (Å²) in [5.41, 5.74) is 1.76. The molecule has 0 aliphatic carbocycles. The van der Waals surface area contributed by atoms with Gasteiger partial charge in [-0.3, -0.25) is 4.79 Å². The van der Waals surface area contributed by atoms with Gasteiger partial charge in [0.1, 0.15) is 5.65 Å². The molecular formula is C11H14N2O. The molecule has 0 fully saturated rings. The number of rotatable bonds is 1. The third-order valence-electron chi connectivity index (χ3n) is 2.53. The van der Waals surface area contributed by atoms with Gasteiger partial charge < -0.3 is 9.55 Å². The molecule has 0 aromatic carbocycles. The van der Waals surface area contributed by atoms with Gasteiger partial charge in [0, 0.05) is 24.2 Å². The molecule has 0 aliphatic rings. The van der Waals surface area contributed by atoms with Gasteiger partial charge in [-0.2, -0.15) is 0 Å². The van der Waals surface area contributed by atoms with E-state index in [1.807, 2.05) is 43.8 Å². The molecule has 0 saturated heterocycles. The van der Waals surface area contributed by atoms with E-state index in [4.69, 9.17) is 0 Å². The van der Waals surface area contributed by atoms with E-state index in [1.165, 1.54) is 0 Å². The van der Waals surface area contributed by atoms with Crippen molar-refractivity contribution in [2.75, 3.05) is 0 Å². The SMILES string of the molecule is CC(C)c1cc2ccn(C)c2[nH]c1=O. The lowest BCUT2D eigenvalue weighted by atomic mass is 10.0. The monoisotopic (exact) mass is 190 g/mol. The number of pyridine rings is 1. The minimum Gasteiger partial charge on any atom is -0.337 e. The average molecular weight is 190 g/mol. The first-order chi connectivity index (χ1) is 6.59. The molecule has 2 rings (SSSR count). The van der Waals surface area contributed by atoms with Gasteiger partial charge >= 0.3 is 0 Å². The third-order valence-corrected chi connectivity index (χ3v) is 2.53. The van der Waals surface area contributed by atoms with Crippen LogP contribution in [0.15, 0.2) is 23.1 Å². The molecular weight excluding hydrogens is 176 g/mol. The summed E-state index contributed by atoms with van der Waals surface area (Å²) < 4.78 is 1.92. The van der Waals surface area contributed by atoms with Crippen molar-refractivity contribution in [2.24, 2.45) is 7.05 Å². The molecule has 0 saturated carbocycles. The molecule has 0 unspecified atom stereocenters. The summed E-state index contributed by atoms with van der Waals surface area (Å²) in [5.74, 6) is 0.267. The fourth-order valence-corrected chi connectivity index (χ4v) is 1.67. The molecule has 74 valence electrons. The van der Waals surface area contributed by atoms with Crippen LogP contribution in [0.25, 0.3) is 11.0 Å². The van der Waals surface area contributed by atoms with Crippen LogP contribution in [-0.4, -0.2) is 9.55 Å². The Morgan fingerprint density at radius 3 is 2.79 bits per heavy atom. The quantitative estimate of drug-likeness (QED) is 0.733. The van der Waals surface area contributed by atoms with Crippen LogP contribution in [0.5, 0.6) is 0 Å². The largest absolute Gasteiger partial charge is 0.337 e. The Labute approximate surface area is 82.4 Å². The number of fused-ring (bicyclic) bond motifs is 1. The molecule has 2 aromatic rings. The number of aromatic amines is 1. The first-order valence-electron chi connectivity index (χ1n) is 4.78. The average Bonchev–Trinajstić information content (AvgIpc) is 2.46. The highest BCUT2D eigenvalue weighted by molar-refractivity contribution is 5.76. The van der Waals surface area contributed by atoms with Crippen molar-refractivity contribution < 1.29 is 0 Å². The van der Waals surface area contributed by atoms with Crippen LogP contribution in [0.4, 0.5) is 0 Å². The van der Waals surface area contributed by atoms with Gasteiger partial charge in [0.2, 0.25) is 0 Å². The Morgan fingerprint density at radius 1 is 1.43 bits per heavy atom. The van der Waals surface area contributed by atoms with Gasteiger partial charge in [-0.05, 0) is 18.1 Å². The van der Waals surface area contributed by atoms with Crippen molar-refractivity contribution in [3.8, 4) is 0 Å². The Morgan fingerprint density at radius 2 is 2.14 bits per heavy atom. The summed E-state index contributed by atoms with van der Waals surface area (Å²) in [6.45, 7) is 4.05. The van der Waals surface area contributed by atoms with E-state index in [9.17, 15) is 4.79 Å². The number of nitrogens with zero attached hydrogens (tertiary/aromatic N) is 1. The standard InChI is InChI=1S/C11H14N2O/c1-7(2)9-6-8-4-5-13(3)10(8)12-11(9)14/h4-7H,1-3H3,(H,12,14). The van der Waals surface area contributed by atoms with Gasteiger partial charge in [0.05, 0.1) is 0 Å². The minimum atomic E-state index is 0.0225. The number of hydrogen-bond donors (Lipinski definition) is 1. The van der Waals surface area contributed by atoms with Crippen LogP contribution in [0, 0.1) is 0 Å². The highest BCUT2D eigenvalue weighted by Crippen LogP contribution is 2.16. The lowest BCUT2D eigenvalue weighted by molar-refractivity contribution is 0.844. The van der Waals surface area contributed by atoms with Crippen molar-refractivity contribution in [1.82, 2.24) is 9.55 Å². The van der Waals surface area contributed by atoms with Gasteiger partial charge in [-0.15, -0.1) is 0 Å². The van der Waals surface area contributed by atoms with Gasteiger partial charge in [-0.25, -0.2) is 0 Å². The fraction of sp³-hybridized carbons (Fsp3) is 0.364. The predicted octanol–water partition coefficient (Wildman–Crippen LogP) is 1.99. The lowest BCUT2D eigenvalue weighted by Crippen LogP contribution is -2.14. The van der Waals surface area contributed by atoms with Crippen molar-refractivity contribution in [1.29, 1.82) is 0 Å². The summed E-state index contributed by atoms with van der Waals surface area (Å²) >= 11 is 0. The maximum absolute atomic E-state index is 11.7. The fourth-order valence-electron chi connectivity index (χ4n) is 1.67. The highest BCUT2D eigenvalue weighted by atomic mass is 16.1. The van der Waals surface area contributed by atoms with Crippen LogP contribution in [0.1, 0.15) is 25.3 Å². The van der Waals surface area contributed by atoms with Gasteiger partial charge in [0.15, 0.2) is 0 Å². The second kappa shape index (κ2) is 3.01. The van der Waals surface area contributed by atoms with E-state index in [1.54, 1.807) is 0 Å². The molecule has 0 aliphatic heterocycles. The Hall–Kier alpha value is -1.51. The van der Waals surface area contributed by atoms with Crippen LogP contribution in [0.2, 0.25) is 0 Å². The molecule has 0 bridgehead atoms. The highest BCUT2D eigenvalue weighted by Gasteiger charge is 2.07. The van der Waals surface area contributed by atoms with E-state index in [0.29, 0.717) is 0 Å². The zero-order valence-corrected chi connectivity index (χ0v) is 8.66. The molecule has 0 atom stereocenters. The third kappa shape index (κ3) is 1.25. The first-order valence-corrected chi connectivity index (χ1v) is 4.78. The Bertz CT molecular complexity index is 520. The second-order valence-corrected chi connectivity index (χ2v) is 3.94. The molecule has 3 nitrogen and oxygen atoms in total. The maximum Gasteiger partial charge on any atom is 0.252 e. The molecule has 2 heterocycles. The summed E-state index contributed by atoms with van der Waals surface area (Å²) in [6, 6.07) is 3.98. The van der Waals surface area contributed by atoms with Crippen LogP contribution in [-0.2, 0) is 7.05 Å². The Balaban J connectivity index is 2.79. The number of nitrogens with one attached hydrogen (secondary N) is 1. The predicted molar refractivity (Wildman–Crippen MR) is 57.6 cm³/mol. The normalized spacial score (nSPS) is 11.4. The first kappa shape index (κ1) is 9.06. The number of H-pyrrole nitrogens is 1.